The van der Waals surface area contributed by atoms with Crippen LogP contribution in [0.5, 0.6) is 0 Å². The summed E-state index contributed by atoms with van der Waals surface area (Å²) in [6.07, 6.45) is 4.36. The fourth-order valence-electron chi connectivity index (χ4n) is 5.20. The highest BCUT2D eigenvalue weighted by atomic mass is 19.1. The van der Waals surface area contributed by atoms with E-state index in [0.29, 0.717) is 17.0 Å². The van der Waals surface area contributed by atoms with Gasteiger partial charge in [-0.05, 0) is 65.1 Å². The predicted octanol–water partition coefficient (Wildman–Crippen LogP) is 5.57. The SMILES string of the molecule is Fc1ncccc1-c1ccc2[nH]nc(-c3cn(-c4ccc5c(c4)CN(Cc4ccccc4)CC5)nn3)c2c1. The highest BCUT2D eigenvalue weighted by Crippen LogP contribution is 2.31. The Morgan fingerprint density at radius 3 is 2.74 bits per heavy atom. The Bertz CT molecular complexity index is 1760. The summed E-state index contributed by atoms with van der Waals surface area (Å²) in [7, 11) is 0. The van der Waals surface area contributed by atoms with Crippen LogP contribution in [-0.4, -0.2) is 41.6 Å². The van der Waals surface area contributed by atoms with Gasteiger partial charge in [0.2, 0.25) is 5.95 Å². The third-order valence-corrected chi connectivity index (χ3v) is 7.16. The molecular weight excluding hydrogens is 477 g/mol. The van der Waals surface area contributed by atoms with Crippen LogP contribution in [0.2, 0.25) is 0 Å². The van der Waals surface area contributed by atoms with Gasteiger partial charge in [0, 0.05) is 36.8 Å². The van der Waals surface area contributed by atoms with E-state index in [9.17, 15) is 4.39 Å². The van der Waals surface area contributed by atoms with Gasteiger partial charge in [-0.2, -0.15) is 9.49 Å². The van der Waals surface area contributed by atoms with Crippen LogP contribution in [0.25, 0.3) is 39.1 Å². The first kappa shape index (κ1) is 22.5. The number of nitrogens with zero attached hydrogens (tertiary/aromatic N) is 6. The first-order chi connectivity index (χ1) is 18.7. The Kier molecular flexibility index (Phi) is 5.52. The number of halogens is 1. The van der Waals surface area contributed by atoms with Crippen molar-refractivity contribution in [3.05, 3.63) is 114 Å². The fraction of sp³-hybridized carbons (Fsp3) is 0.133. The highest BCUT2D eigenvalue weighted by molar-refractivity contribution is 5.94. The monoisotopic (exact) mass is 501 g/mol. The summed E-state index contributed by atoms with van der Waals surface area (Å²) in [5.41, 5.74) is 8.31. The summed E-state index contributed by atoms with van der Waals surface area (Å²) >= 11 is 0. The molecule has 7 rings (SSSR count). The molecule has 0 unspecified atom stereocenters. The van der Waals surface area contributed by atoms with Crippen molar-refractivity contribution in [2.45, 2.75) is 19.5 Å². The normalized spacial score (nSPS) is 13.6. The maximum atomic E-state index is 14.3. The molecule has 0 bridgehead atoms. The highest BCUT2D eigenvalue weighted by Gasteiger charge is 2.19. The average molecular weight is 502 g/mol. The topological polar surface area (TPSA) is 75.5 Å². The molecule has 3 aromatic carbocycles. The summed E-state index contributed by atoms with van der Waals surface area (Å²) in [5, 5.41) is 17.2. The van der Waals surface area contributed by atoms with Gasteiger partial charge in [-0.3, -0.25) is 10.00 Å². The molecule has 6 aromatic rings. The van der Waals surface area contributed by atoms with Crippen LogP contribution in [0, 0.1) is 5.95 Å². The lowest BCUT2D eigenvalue weighted by Gasteiger charge is -2.29. The van der Waals surface area contributed by atoms with Gasteiger partial charge in [0.15, 0.2) is 0 Å². The van der Waals surface area contributed by atoms with E-state index in [1.54, 1.807) is 16.8 Å². The third-order valence-electron chi connectivity index (χ3n) is 7.16. The molecule has 1 N–H and O–H groups in total. The number of rotatable bonds is 5. The van der Waals surface area contributed by atoms with E-state index in [4.69, 9.17) is 0 Å². The molecule has 7 nitrogen and oxygen atoms in total. The minimum Gasteiger partial charge on any atom is -0.294 e. The van der Waals surface area contributed by atoms with Crippen molar-refractivity contribution in [3.8, 4) is 28.2 Å². The van der Waals surface area contributed by atoms with Crippen LogP contribution < -0.4 is 0 Å². The van der Waals surface area contributed by atoms with Crippen LogP contribution in [0.4, 0.5) is 4.39 Å². The molecule has 0 saturated heterocycles. The van der Waals surface area contributed by atoms with Gasteiger partial charge in [0.1, 0.15) is 11.4 Å². The lowest BCUT2D eigenvalue weighted by Crippen LogP contribution is -2.30. The smallest absolute Gasteiger partial charge is 0.220 e. The van der Waals surface area contributed by atoms with E-state index in [2.05, 4.69) is 78.9 Å². The van der Waals surface area contributed by atoms with Gasteiger partial charge in [0.05, 0.1) is 17.4 Å². The molecule has 0 atom stereocenters. The predicted molar refractivity (Wildman–Crippen MR) is 144 cm³/mol. The van der Waals surface area contributed by atoms with E-state index >= 15 is 0 Å². The average Bonchev–Trinajstić information content (AvgIpc) is 3.61. The van der Waals surface area contributed by atoms with E-state index in [-0.39, 0.29) is 0 Å². The van der Waals surface area contributed by atoms with Gasteiger partial charge in [0.25, 0.3) is 0 Å². The maximum Gasteiger partial charge on any atom is 0.220 e. The molecule has 0 spiro atoms. The first-order valence-electron chi connectivity index (χ1n) is 12.6. The van der Waals surface area contributed by atoms with E-state index in [1.807, 2.05) is 24.4 Å². The van der Waals surface area contributed by atoms with Crippen molar-refractivity contribution in [3.63, 3.8) is 0 Å². The Morgan fingerprint density at radius 1 is 0.921 bits per heavy atom. The fourth-order valence-corrected chi connectivity index (χ4v) is 5.20. The van der Waals surface area contributed by atoms with Crippen LogP contribution in [0.1, 0.15) is 16.7 Å². The molecule has 3 aromatic heterocycles. The number of aromatic nitrogens is 6. The molecular formula is C30H24FN7. The number of H-pyrrole nitrogens is 1. The van der Waals surface area contributed by atoms with E-state index in [0.717, 1.165) is 48.2 Å². The first-order valence-corrected chi connectivity index (χ1v) is 12.6. The summed E-state index contributed by atoms with van der Waals surface area (Å²) in [6.45, 7) is 2.89. The number of benzene rings is 3. The zero-order valence-electron chi connectivity index (χ0n) is 20.5. The summed E-state index contributed by atoms with van der Waals surface area (Å²) < 4.78 is 16.1. The molecule has 0 amide bonds. The van der Waals surface area contributed by atoms with Crippen molar-refractivity contribution in [1.82, 2.24) is 35.1 Å². The van der Waals surface area contributed by atoms with Gasteiger partial charge in [-0.25, -0.2) is 9.67 Å². The van der Waals surface area contributed by atoms with Crippen LogP contribution in [0.3, 0.4) is 0 Å². The van der Waals surface area contributed by atoms with Crippen LogP contribution >= 0.6 is 0 Å². The number of aromatic amines is 1. The Labute approximate surface area is 218 Å². The number of hydrogen-bond acceptors (Lipinski definition) is 5. The van der Waals surface area contributed by atoms with Crippen LogP contribution in [-0.2, 0) is 19.5 Å². The summed E-state index contributed by atoms with van der Waals surface area (Å²) in [6, 6.07) is 26.2. The number of hydrogen-bond donors (Lipinski definition) is 1. The Balaban J connectivity index is 1.17. The van der Waals surface area contributed by atoms with Crippen molar-refractivity contribution in [2.75, 3.05) is 6.54 Å². The second kappa shape index (κ2) is 9.32. The van der Waals surface area contributed by atoms with Crippen molar-refractivity contribution < 1.29 is 4.39 Å². The van der Waals surface area contributed by atoms with Gasteiger partial charge >= 0.3 is 0 Å². The molecule has 0 radical (unpaired) electrons. The molecule has 38 heavy (non-hydrogen) atoms. The molecule has 1 aliphatic heterocycles. The molecule has 0 fully saturated rings. The van der Waals surface area contributed by atoms with Crippen molar-refractivity contribution >= 4 is 10.9 Å². The Morgan fingerprint density at radius 2 is 1.84 bits per heavy atom. The largest absolute Gasteiger partial charge is 0.294 e. The number of fused-ring (bicyclic) bond motifs is 2. The standard InChI is InChI=1S/C30H24FN7/c31-30-25(7-4-13-32-30)22-9-11-27-26(16-22)29(35-33-27)28-19-38(36-34-28)24-10-8-21-12-14-37(18-23(21)15-24)17-20-5-2-1-3-6-20/h1-11,13,15-16,19H,12,14,17-18H2,(H,33,35). The van der Waals surface area contributed by atoms with Gasteiger partial charge in [-0.15, -0.1) is 5.10 Å². The quantitative estimate of drug-likeness (QED) is 0.313. The van der Waals surface area contributed by atoms with E-state index in [1.165, 1.54) is 22.9 Å². The molecule has 8 heteroatoms. The molecule has 186 valence electrons. The van der Waals surface area contributed by atoms with E-state index < -0.39 is 5.95 Å². The lowest BCUT2D eigenvalue weighted by atomic mass is 9.98. The molecule has 4 heterocycles. The summed E-state index contributed by atoms with van der Waals surface area (Å²) in [5.74, 6) is -0.502. The minimum absolute atomic E-state index is 0.445. The van der Waals surface area contributed by atoms with Gasteiger partial charge in [-0.1, -0.05) is 47.7 Å². The van der Waals surface area contributed by atoms with Crippen LogP contribution in [0.15, 0.2) is 91.3 Å². The second-order valence-corrected chi connectivity index (χ2v) is 9.62. The zero-order valence-corrected chi connectivity index (χ0v) is 20.5. The van der Waals surface area contributed by atoms with Crippen molar-refractivity contribution in [1.29, 1.82) is 0 Å². The number of nitrogens with one attached hydrogen (secondary N) is 1. The lowest BCUT2D eigenvalue weighted by molar-refractivity contribution is 0.245. The third kappa shape index (κ3) is 4.14. The summed E-state index contributed by atoms with van der Waals surface area (Å²) in [4.78, 5) is 6.26. The zero-order chi connectivity index (χ0) is 25.5. The minimum atomic E-state index is -0.502. The molecule has 1 aliphatic rings. The molecule has 0 saturated carbocycles. The Hall–Kier alpha value is -4.69. The van der Waals surface area contributed by atoms with Crippen molar-refractivity contribution in [2.24, 2.45) is 0 Å². The second-order valence-electron chi connectivity index (χ2n) is 9.62. The maximum absolute atomic E-state index is 14.3. The number of pyridine rings is 1. The van der Waals surface area contributed by atoms with Gasteiger partial charge < -0.3 is 0 Å². The molecule has 0 aliphatic carbocycles.